The maximum atomic E-state index is 12.5. The highest BCUT2D eigenvalue weighted by atomic mass is 16.5. The minimum Gasteiger partial charge on any atom is -0.480 e. The number of amides is 2. The summed E-state index contributed by atoms with van der Waals surface area (Å²) in [5.41, 5.74) is 0.570. The summed E-state index contributed by atoms with van der Waals surface area (Å²) in [6, 6.07) is 3.38. The summed E-state index contributed by atoms with van der Waals surface area (Å²) in [6.45, 7) is 1.35. The van der Waals surface area contributed by atoms with Crippen LogP contribution >= 0.6 is 0 Å². The van der Waals surface area contributed by atoms with Gasteiger partial charge in [-0.25, -0.2) is 9.78 Å². The number of nitrogens with one attached hydrogen (secondary N) is 1. The molecule has 2 amide bonds. The van der Waals surface area contributed by atoms with Crippen molar-refractivity contribution in [2.75, 3.05) is 25.5 Å². The zero-order valence-electron chi connectivity index (χ0n) is 13.3. The van der Waals surface area contributed by atoms with Crippen LogP contribution in [0.2, 0.25) is 0 Å². The van der Waals surface area contributed by atoms with Crippen molar-refractivity contribution in [3.05, 3.63) is 30.5 Å². The molecular formula is C15H20N6O2. The zero-order chi connectivity index (χ0) is 16.2. The van der Waals surface area contributed by atoms with Gasteiger partial charge < -0.3 is 19.5 Å². The second kappa shape index (κ2) is 6.64. The molecular weight excluding hydrogens is 296 g/mol. The maximum absolute atomic E-state index is 12.5. The summed E-state index contributed by atoms with van der Waals surface area (Å²) in [6.07, 6.45) is 5.26. The van der Waals surface area contributed by atoms with Gasteiger partial charge in [0.1, 0.15) is 17.8 Å². The molecule has 1 aliphatic heterocycles. The van der Waals surface area contributed by atoms with Gasteiger partial charge in [-0.15, -0.1) is 10.2 Å². The number of hydrogen-bond donors (Lipinski definition) is 1. The molecule has 0 aromatic carbocycles. The number of likely N-dealkylation sites (tertiary alicyclic amines) is 1. The molecule has 1 saturated heterocycles. The highest BCUT2D eigenvalue weighted by Gasteiger charge is 2.27. The Hall–Kier alpha value is -2.64. The van der Waals surface area contributed by atoms with Crippen LogP contribution in [0.15, 0.2) is 24.7 Å². The van der Waals surface area contributed by atoms with Crippen LogP contribution in [-0.4, -0.2) is 50.9 Å². The number of anilines is 1. The second-order valence-corrected chi connectivity index (χ2v) is 5.58. The molecule has 3 rings (SSSR count). The Labute approximate surface area is 134 Å². The fourth-order valence-corrected chi connectivity index (χ4v) is 2.88. The third kappa shape index (κ3) is 3.25. The SMILES string of the molecule is COc1ncccc1NC(=O)N1CCCC(c2nncn2C)C1. The van der Waals surface area contributed by atoms with E-state index < -0.39 is 0 Å². The lowest BCUT2D eigenvalue weighted by molar-refractivity contribution is 0.190. The van der Waals surface area contributed by atoms with Crippen LogP contribution in [0.25, 0.3) is 0 Å². The van der Waals surface area contributed by atoms with E-state index in [9.17, 15) is 4.79 Å². The first kappa shape index (κ1) is 15.3. The van der Waals surface area contributed by atoms with Crippen LogP contribution in [0.4, 0.5) is 10.5 Å². The number of hydrogen-bond acceptors (Lipinski definition) is 5. The van der Waals surface area contributed by atoms with Crippen molar-refractivity contribution in [2.24, 2.45) is 7.05 Å². The number of carbonyl (C=O) groups is 1. The summed E-state index contributed by atoms with van der Waals surface area (Å²) in [5.74, 6) is 1.53. The van der Waals surface area contributed by atoms with Gasteiger partial charge in [0, 0.05) is 32.3 Å². The summed E-state index contributed by atoms with van der Waals surface area (Å²) >= 11 is 0. The van der Waals surface area contributed by atoms with Gasteiger partial charge in [0.2, 0.25) is 5.88 Å². The summed E-state index contributed by atoms with van der Waals surface area (Å²) in [4.78, 5) is 18.4. The van der Waals surface area contributed by atoms with Crippen LogP contribution in [0.3, 0.4) is 0 Å². The Kier molecular flexibility index (Phi) is 4.40. The predicted molar refractivity (Wildman–Crippen MR) is 84.4 cm³/mol. The zero-order valence-corrected chi connectivity index (χ0v) is 13.3. The van der Waals surface area contributed by atoms with Crippen LogP contribution < -0.4 is 10.1 Å². The summed E-state index contributed by atoms with van der Waals surface area (Å²) in [5, 5.41) is 11.0. The van der Waals surface area contributed by atoms with Gasteiger partial charge in [0.05, 0.1) is 7.11 Å². The van der Waals surface area contributed by atoms with Crippen molar-refractivity contribution in [1.29, 1.82) is 0 Å². The lowest BCUT2D eigenvalue weighted by Crippen LogP contribution is -2.42. The van der Waals surface area contributed by atoms with Crippen molar-refractivity contribution in [2.45, 2.75) is 18.8 Å². The van der Waals surface area contributed by atoms with Gasteiger partial charge in [-0.2, -0.15) is 0 Å². The number of aromatic nitrogens is 4. The largest absolute Gasteiger partial charge is 0.480 e. The maximum Gasteiger partial charge on any atom is 0.322 e. The third-order valence-corrected chi connectivity index (χ3v) is 4.03. The van der Waals surface area contributed by atoms with E-state index in [4.69, 9.17) is 4.74 Å². The van der Waals surface area contributed by atoms with Crippen molar-refractivity contribution in [1.82, 2.24) is 24.6 Å². The van der Waals surface area contributed by atoms with Gasteiger partial charge in [0.15, 0.2) is 0 Å². The molecule has 2 aromatic rings. The van der Waals surface area contributed by atoms with Crippen LogP contribution in [-0.2, 0) is 7.05 Å². The fraction of sp³-hybridized carbons (Fsp3) is 0.467. The molecule has 8 nitrogen and oxygen atoms in total. The van der Waals surface area contributed by atoms with E-state index in [0.717, 1.165) is 25.2 Å². The molecule has 1 fully saturated rings. The van der Waals surface area contributed by atoms with Crippen molar-refractivity contribution >= 4 is 11.7 Å². The molecule has 1 aliphatic rings. The van der Waals surface area contributed by atoms with E-state index in [1.165, 1.54) is 7.11 Å². The number of piperidine rings is 1. The molecule has 0 spiro atoms. The second-order valence-electron chi connectivity index (χ2n) is 5.58. The van der Waals surface area contributed by atoms with Crippen LogP contribution in [0.1, 0.15) is 24.6 Å². The molecule has 3 heterocycles. The van der Waals surface area contributed by atoms with Crippen molar-refractivity contribution in [3.63, 3.8) is 0 Å². The normalized spacial score (nSPS) is 17.8. The van der Waals surface area contributed by atoms with E-state index in [1.54, 1.807) is 29.6 Å². The number of pyridine rings is 1. The van der Waals surface area contributed by atoms with E-state index in [1.807, 2.05) is 11.6 Å². The Morgan fingerprint density at radius 1 is 1.48 bits per heavy atom. The number of carbonyl (C=O) groups excluding carboxylic acids is 1. The summed E-state index contributed by atoms with van der Waals surface area (Å²) in [7, 11) is 3.46. The number of methoxy groups -OCH3 is 1. The molecule has 1 atom stereocenters. The number of nitrogens with zero attached hydrogens (tertiary/aromatic N) is 5. The first-order valence-electron chi connectivity index (χ1n) is 7.58. The third-order valence-electron chi connectivity index (χ3n) is 4.03. The number of urea groups is 1. The van der Waals surface area contributed by atoms with Gasteiger partial charge in [-0.3, -0.25) is 0 Å². The first-order chi connectivity index (χ1) is 11.2. The monoisotopic (exact) mass is 316 g/mol. The standard InChI is InChI=1S/C15H20N6O2/c1-20-10-17-19-13(20)11-5-4-8-21(9-11)15(22)18-12-6-3-7-16-14(12)23-2/h3,6-7,10-11H,4-5,8-9H2,1-2H3,(H,18,22). The highest BCUT2D eigenvalue weighted by molar-refractivity contribution is 5.90. The number of aryl methyl sites for hydroxylation is 1. The molecule has 0 aliphatic carbocycles. The van der Waals surface area contributed by atoms with Crippen molar-refractivity contribution < 1.29 is 9.53 Å². The average molecular weight is 316 g/mol. The quantitative estimate of drug-likeness (QED) is 0.930. The number of ether oxygens (including phenoxy) is 1. The highest BCUT2D eigenvalue weighted by Crippen LogP contribution is 2.26. The smallest absolute Gasteiger partial charge is 0.322 e. The molecule has 1 unspecified atom stereocenters. The average Bonchev–Trinajstić information content (AvgIpc) is 3.01. The van der Waals surface area contributed by atoms with E-state index >= 15 is 0 Å². The molecule has 0 bridgehead atoms. The summed E-state index contributed by atoms with van der Waals surface area (Å²) < 4.78 is 7.08. The first-order valence-corrected chi connectivity index (χ1v) is 7.58. The molecule has 0 saturated carbocycles. The molecule has 0 radical (unpaired) electrons. The minimum absolute atomic E-state index is 0.150. The topological polar surface area (TPSA) is 85.2 Å². The van der Waals surface area contributed by atoms with Gasteiger partial charge >= 0.3 is 6.03 Å². The lowest BCUT2D eigenvalue weighted by Gasteiger charge is -2.32. The Bertz CT molecular complexity index is 686. The molecule has 122 valence electrons. The minimum atomic E-state index is -0.150. The Balaban J connectivity index is 1.69. The molecule has 1 N–H and O–H groups in total. The van der Waals surface area contributed by atoms with Crippen molar-refractivity contribution in [3.8, 4) is 5.88 Å². The Morgan fingerprint density at radius 3 is 3.09 bits per heavy atom. The molecule has 8 heteroatoms. The van der Waals surface area contributed by atoms with Crippen LogP contribution in [0.5, 0.6) is 5.88 Å². The van der Waals surface area contributed by atoms with E-state index in [0.29, 0.717) is 18.1 Å². The van der Waals surface area contributed by atoms with Crippen LogP contribution in [0, 0.1) is 0 Å². The van der Waals surface area contributed by atoms with Gasteiger partial charge in [-0.1, -0.05) is 0 Å². The van der Waals surface area contributed by atoms with Gasteiger partial charge in [-0.05, 0) is 25.0 Å². The number of rotatable bonds is 3. The van der Waals surface area contributed by atoms with E-state index in [-0.39, 0.29) is 11.9 Å². The predicted octanol–water partition coefficient (Wildman–Crippen LogP) is 1.63. The van der Waals surface area contributed by atoms with E-state index in [2.05, 4.69) is 20.5 Å². The Morgan fingerprint density at radius 2 is 2.35 bits per heavy atom. The lowest BCUT2D eigenvalue weighted by atomic mass is 9.97. The van der Waals surface area contributed by atoms with Gasteiger partial charge in [0.25, 0.3) is 0 Å². The fourth-order valence-electron chi connectivity index (χ4n) is 2.88. The molecule has 2 aromatic heterocycles. The molecule has 23 heavy (non-hydrogen) atoms.